The summed E-state index contributed by atoms with van der Waals surface area (Å²) in [7, 11) is 4.08. The summed E-state index contributed by atoms with van der Waals surface area (Å²) in [5.74, 6) is 6.84. The number of carbonyl (C=O) groups is 3. The second-order valence-corrected chi connectivity index (χ2v) is 46.8. The minimum absolute atomic E-state index is 0. The van der Waals surface area contributed by atoms with Crippen molar-refractivity contribution in [1.82, 2.24) is 49.4 Å². The topological polar surface area (TPSA) is 221 Å². The van der Waals surface area contributed by atoms with Gasteiger partial charge in [0, 0.05) is 225 Å². The van der Waals surface area contributed by atoms with Crippen LogP contribution in [0.2, 0.25) is 0 Å². The summed E-state index contributed by atoms with van der Waals surface area (Å²) in [6.07, 6.45) is 5.40. The molecule has 4 N–H and O–H groups in total. The number of amides is 2. The number of carbonyl (C=O) groups excluding carboxylic acids is 2. The number of methoxy groups -OCH3 is 2. The zero-order chi connectivity index (χ0) is 99.8. The van der Waals surface area contributed by atoms with Gasteiger partial charge in [-0.3, -0.25) is 23.6 Å². The van der Waals surface area contributed by atoms with E-state index in [2.05, 4.69) is 183 Å². The van der Waals surface area contributed by atoms with E-state index in [9.17, 15) is 34.0 Å². The molecule has 2 unspecified atom stereocenters. The van der Waals surface area contributed by atoms with Crippen molar-refractivity contribution in [2.24, 2.45) is 0 Å². The lowest BCUT2D eigenvalue weighted by atomic mass is 10.1. The Labute approximate surface area is 889 Å². The van der Waals surface area contributed by atoms with Gasteiger partial charge in [0.2, 0.25) is 5.91 Å². The third-order valence-electron chi connectivity index (χ3n) is 24.8. The molecule has 2 saturated heterocycles. The van der Waals surface area contributed by atoms with Crippen molar-refractivity contribution in [3.8, 4) is 23.0 Å². The number of nitrogens with one attached hydrogen (secondary N) is 1. The first-order valence-corrected chi connectivity index (χ1v) is 56.9. The number of phenolic OH excluding ortho intramolecular Hbond substituents is 2. The number of piperazine rings is 2. The number of hydrogen-bond acceptors (Lipinski definition) is 22. The van der Waals surface area contributed by atoms with Crippen LogP contribution >= 0.6 is 107 Å². The van der Waals surface area contributed by atoms with Crippen molar-refractivity contribution in [1.29, 1.82) is 0 Å². The van der Waals surface area contributed by atoms with E-state index in [4.69, 9.17) is 56.0 Å². The Bertz CT molecular complexity index is 5650. The lowest BCUT2D eigenvalue weighted by Crippen LogP contribution is -2.54. The van der Waals surface area contributed by atoms with Crippen LogP contribution in [-0.4, -0.2) is 267 Å². The number of unbranched alkanes of at least 4 members (excludes halogenated alkanes) is 3. The maximum atomic E-state index is 12.3. The molecule has 2 amide bonds. The Hall–Kier alpha value is -8.29. The average Bonchev–Trinajstić information content (AvgIpc) is 1.66. The smallest absolute Gasteiger partial charge is 0.394 e. The molecule has 2 atom stereocenters. The summed E-state index contributed by atoms with van der Waals surface area (Å²) >= 11 is 28.2. The van der Waals surface area contributed by atoms with Crippen molar-refractivity contribution < 1.29 is 52.8 Å². The first-order valence-electron chi connectivity index (χ1n) is 48.4. The van der Waals surface area contributed by atoms with Crippen LogP contribution in [0.15, 0.2) is 216 Å². The summed E-state index contributed by atoms with van der Waals surface area (Å²) in [6, 6.07) is 61.7. The lowest BCUT2D eigenvalue weighted by molar-refractivity contribution is -0.871. The number of carboxylic acids is 1. The van der Waals surface area contributed by atoms with Crippen molar-refractivity contribution >= 4 is 151 Å². The Morgan fingerprint density at radius 1 is 0.451 bits per heavy atom. The highest BCUT2D eigenvalue weighted by molar-refractivity contribution is 8.00. The zero-order valence-electron chi connectivity index (χ0n) is 82.9. The Balaban J connectivity index is 0.000000171. The number of rotatable bonds is 11. The van der Waals surface area contributed by atoms with Crippen LogP contribution in [0.25, 0.3) is 0 Å². The molecule has 0 aliphatic carbocycles. The number of fused-ring (bicyclic) bond motifs is 7. The summed E-state index contributed by atoms with van der Waals surface area (Å²) < 4.78 is 28.1. The molecule has 2 fully saturated rings. The molecule has 9 aliphatic heterocycles. The summed E-state index contributed by atoms with van der Waals surface area (Å²) in [4.78, 5) is 62.9. The van der Waals surface area contributed by atoms with Crippen LogP contribution in [0.1, 0.15) is 147 Å². The largest absolute Gasteiger partial charge is 0.633 e. The van der Waals surface area contributed by atoms with Gasteiger partial charge in [-0.1, -0.05) is 148 Å². The van der Waals surface area contributed by atoms with Crippen LogP contribution in [0.5, 0.6) is 23.0 Å². The predicted molar refractivity (Wildman–Crippen MR) is 603 cm³/mol. The fourth-order valence-corrected chi connectivity index (χ4v) is 25.9. The van der Waals surface area contributed by atoms with Crippen molar-refractivity contribution in [2.75, 3.05) is 160 Å². The van der Waals surface area contributed by atoms with Gasteiger partial charge >= 0.3 is 11.9 Å². The van der Waals surface area contributed by atoms with E-state index in [-0.39, 0.29) is 37.4 Å². The van der Waals surface area contributed by atoms with Crippen LogP contribution < -0.4 is 14.8 Å². The molecule has 9 heterocycles. The van der Waals surface area contributed by atoms with Gasteiger partial charge in [0.25, 0.3) is 5.17 Å². The van der Waals surface area contributed by atoms with E-state index in [0.29, 0.717) is 54.4 Å². The molecule has 0 bridgehead atoms. The fraction of sp³-hybridized carbons (Fsp3) is 0.455. The first kappa shape index (κ1) is 116. The Morgan fingerprint density at radius 3 is 1.32 bits per heavy atom. The Kier molecular flexibility index (Phi) is 47.0. The minimum Gasteiger partial charge on any atom is -0.633 e. The van der Waals surface area contributed by atoms with Gasteiger partial charge in [-0.2, -0.15) is 0 Å². The summed E-state index contributed by atoms with van der Waals surface area (Å²) in [5, 5.41) is 45.4. The number of quaternary nitrogens is 1. The third-order valence-corrected chi connectivity index (χ3v) is 34.2. The van der Waals surface area contributed by atoms with Crippen LogP contribution in [0.4, 0.5) is 0 Å². The molecule has 142 heavy (non-hydrogen) atoms. The number of hydrogen-bond donors (Lipinski definition) is 4. The third kappa shape index (κ3) is 36.4. The quantitative estimate of drug-likeness (QED) is 0.0311. The van der Waals surface area contributed by atoms with Gasteiger partial charge < -0.3 is 79.0 Å². The second kappa shape index (κ2) is 57.7. The van der Waals surface area contributed by atoms with Gasteiger partial charge in [0.15, 0.2) is 10.2 Å². The number of aryl methyl sites for hydroxylation is 4. The normalized spacial score (nSPS) is 17.7. The number of aromatic hydroxyl groups is 2. The number of hydroxylamine groups is 3. The first-order chi connectivity index (χ1) is 67.3. The fourth-order valence-electron chi connectivity index (χ4n) is 17.3. The number of benzene rings is 9. The van der Waals surface area contributed by atoms with E-state index in [1.807, 2.05) is 128 Å². The summed E-state index contributed by atoms with van der Waals surface area (Å²) in [5.41, 5.74) is 15.9. The second-order valence-electron chi connectivity index (χ2n) is 37.3. The molecule has 768 valence electrons. The van der Waals surface area contributed by atoms with Crippen molar-refractivity contribution in [3.63, 3.8) is 0 Å². The number of thiocarbonyl (C=S) groups is 3. The number of aliphatic carboxylic acids is 1. The van der Waals surface area contributed by atoms with E-state index >= 15 is 0 Å². The highest BCUT2D eigenvalue weighted by Crippen LogP contribution is 2.38. The van der Waals surface area contributed by atoms with Gasteiger partial charge in [-0.15, -0.1) is 70.6 Å². The highest BCUT2D eigenvalue weighted by Gasteiger charge is 2.32. The van der Waals surface area contributed by atoms with E-state index in [1.165, 1.54) is 104 Å². The molecular formula is C110H147N11O11S10. The van der Waals surface area contributed by atoms with Gasteiger partial charge in [-0.05, 0) is 233 Å². The number of nitrogens with zero attached hydrogens (tertiary/aromatic N) is 10. The standard InChI is InChI=1S/C20H29N3OS3.C17H19NO2S.C17H19NOS.C17H25NOS.C15H21N3S2.C11H11NO4S.C11H15NO2S.2CH4/c1-15-5-6-17-16(13-15)14-23(11-12-27-17)18(25)21-7-9-22(10-8-21)19(26)24-20(2,3)4;1-20-16-6-7-17-14(10-16)12-18(8-9-21-17)11-13-2-4-15(19)5-3-13;1-19-16-7-8-17-15(11-16)13-18(9-10-20-17)12-14-5-3-2-4-6-14;1-3-4-5-6-7-17(19)18-10-11-20-16-9-8-14(2)12-15(16)13-18;1-12-2-3-14-13(10-12)11-18(8-9-20-14)15(19)17-6-4-16-5-7-17;13-8-1-2-9-7(5-8)6-12(3-4-17-9)10(14)11(15)16;1-9-3-4-11-10(7-9)8-12(2,13)5-6-15(11)14;;/h5-6,13H,7-12,14H2,1-4H3;2-7,10,19H,8-9,11-12H2,1H3;2-8,11H,9-10,12-13H2,1H3;8-9,12H,3-7,10-11,13H2,1-2H3;2-3,10,16H,4-9,11H2,1H3;1-2,5,13H,3-4,6H2,(H,15,16);3-4,7H,5-6,8H2,1-2H3;2*1H4. The number of thioether (sulfide) groups is 6. The maximum Gasteiger partial charge on any atom is 0.394 e. The maximum absolute atomic E-state index is 12.3. The number of carboxylic acid groups (broad SMARTS) is 1. The van der Waals surface area contributed by atoms with Crippen LogP contribution in [0, 0.1) is 32.9 Å². The van der Waals surface area contributed by atoms with Gasteiger partial charge in [0.05, 0.1) is 44.4 Å². The summed E-state index contributed by atoms with van der Waals surface area (Å²) in [6.45, 7) is 37.4. The molecule has 0 spiro atoms. The molecule has 9 aromatic carbocycles. The molecule has 22 nitrogen and oxygen atoms in total. The Morgan fingerprint density at radius 2 is 0.845 bits per heavy atom. The molecule has 0 radical (unpaired) electrons. The number of ether oxygens (including phenoxy) is 3. The lowest BCUT2D eigenvalue weighted by Gasteiger charge is -2.40. The van der Waals surface area contributed by atoms with E-state index in [1.54, 1.807) is 63.4 Å². The van der Waals surface area contributed by atoms with E-state index in [0.717, 1.165) is 214 Å². The molecule has 32 heteroatoms. The minimum atomic E-state index is -1.45. The number of phenols is 2. The molecule has 18 rings (SSSR count). The van der Waals surface area contributed by atoms with Crippen molar-refractivity contribution in [3.05, 3.63) is 260 Å². The van der Waals surface area contributed by atoms with Crippen molar-refractivity contribution in [2.45, 2.75) is 201 Å². The SMILES string of the molecule is C.C.CCCCCCC(=O)N1CCSc2ccc(C)cc2C1.COc1ccc2c(c1)CN(Cc1ccc(O)cc1)CCS2.COc1ccc2c(c1)CN(Cc1ccccc1)CCS2.Cc1ccc2c(c1)CN(C(=S)N1CCN(C(=S)OC(C)(C)C)CC1)CCS2.Cc1ccc2c(c1)CN(C(=S)N1CCNCC1)CCS2.Cc1ccc2c(c1)C[N+](C)([O-])CCS2=O.O=C(O)C(=O)N1CCSc2ccc(O)cc2C1. The van der Waals surface area contributed by atoms with E-state index < -0.39 is 22.7 Å². The van der Waals surface area contributed by atoms with Crippen LogP contribution in [0.3, 0.4) is 0 Å². The highest BCUT2D eigenvalue weighted by atomic mass is 32.2. The van der Waals surface area contributed by atoms with Gasteiger partial charge in [0.1, 0.15) is 35.1 Å². The average molecular weight is 2120 g/mol. The molecule has 9 aliphatic rings. The monoisotopic (exact) mass is 2120 g/mol. The van der Waals surface area contributed by atoms with Crippen LogP contribution in [-0.2, 0) is 88.8 Å². The zero-order valence-corrected chi connectivity index (χ0v) is 91.1. The molecule has 0 saturated carbocycles. The predicted octanol–water partition coefficient (Wildman–Crippen LogP) is 21.5. The van der Waals surface area contributed by atoms with Gasteiger partial charge in [-0.25, -0.2) is 4.79 Å². The molecular weight excluding hydrogens is 1970 g/mol. The molecule has 0 aromatic heterocycles. The molecule has 9 aromatic rings.